The molecule has 2 aliphatic rings. The van der Waals surface area contributed by atoms with E-state index in [0.29, 0.717) is 20.1 Å². The van der Waals surface area contributed by atoms with E-state index >= 15 is 0 Å². The zero-order valence-corrected chi connectivity index (χ0v) is 22.7. The number of rotatable bonds is 6. The average molecular weight is 577 g/mol. The number of hydrogen-bond acceptors (Lipinski definition) is 1. The highest BCUT2D eigenvalue weighted by Gasteiger charge is 2.33. The molecule has 0 radical (unpaired) electrons. The van der Waals surface area contributed by atoms with E-state index in [4.69, 9.17) is 69.6 Å². The van der Waals surface area contributed by atoms with Crippen molar-refractivity contribution in [1.82, 2.24) is 0 Å². The molecule has 0 amide bonds. The van der Waals surface area contributed by atoms with Gasteiger partial charge in [-0.05, 0) is 35.4 Å². The molecule has 2 aromatic rings. The summed E-state index contributed by atoms with van der Waals surface area (Å²) in [5.41, 5.74) is 1.64. The van der Waals surface area contributed by atoms with Gasteiger partial charge < -0.3 is 0 Å². The van der Waals surface area contributed by atoms with Crippen LogP contribution < -0.4 is 0 Å². The minimum Gasteiger partial charge on any atom is -0.160 e. The monoisotopic (exact) mass is 574 g/mol. The van der Waals surface area contributed by atoms with Crippen molar-refractivity contribution in [3.05, 3.63) is 116 Å². The zero-order chi connectivity index (χ0) is 23.6. The molecule has 0 saturated heterocycles. The Kier molecular flexibility index (Phi) is 8.24. The third kappa shape index (κ3) is 5.67. The first-order chi connectivity index (χ1) is 15.7. The molecule has 0 aromatic heterocycles. The fraction of sp³-hybridized carbons (Fsp3) is 0.231. The van der Waals surface area contributed by atoms with Crippen LogP contribution in [0.5, 0.6) is 0 Å². The maximum absolute atomic E-state index is 6.83. The first kappa shape index (κ1) is 25.6. The lowest BCUT2D eigenvalue weighted by Crippen LogP contribution is -2.21. The van der Waals surface area contributed by atoms with Crippen molar-refractivity contribution in [2.75, 3.05) is 11.5 Å². The average Bonchev–Trinajstić information content (AvgIpc) is 2.77. The molecular weight excluding hydrogens is 557 g/mol. The number of hydrogen-bond donors (Lipinski definition) is 0. The summed E-state index contributed by atoms with van der Waals surface area (Å²) < 4.78 is 0. The third-order valence-corrected chi connectivity index (χ3v) is 9.22. The summed E-state index contributed by atoms with van der Waals surface area (Å²) in [6, 6.07) is 15.1. The van der Waals surface area contributed by atoms with Crippen LogP contribution in [0.2, 0.25) is 10.0 Å². The van der Waals surface area contributed by atoms with E-state index in [1.54, 1.807) is 11.8 Å². The van der Waals surface area contributed by atoms with E-state index in [1.165, 1.54) is 0 Å². The van der Waals surface area contributed by atoms with E-state index in [9.17, 15) is 0 Å². The molecule has 33 heavy (non-hydrogen) atoms. The van der Waals surface area contributed by atoms with Gasteiger partial charge in [-0.1, -0.05) is 107 Å². The third-order valence-electron chi connectivity index (χ3n) is 5.71. The summed E-state index contributed by atoms with van der Waals surface area (Å²) >= 11 is 41.4. The Morgan fingerprint density at radius 1 is 0.636 bits per heavy atom. The number of benzene rings is 2. The number of halogens is 6. The second-order valence-electron chi connectivity index (χ2n) is 8.02. The predicted molar refractivity (Wildman–Crippen MR) is 148 cm³/mol. The Morgan fingerprint density at radius 3 is 1.39 bits per heavy atom. The van der Waals surface area contributed by atoms with Crippen LogP contribution in [0.1, 0.15) is 11.1 Å². The standard InChI is InChI=1S/C26H20Cl6S/c27-21-7-3-1-5-19(21)25(31)11-9-17(23(29)13-25)15-33-16-18-10-12-26(32,14-24(18)30)20-6-2-4-8-22(20)28/h1-14,17-18H,15-16H2. The number of allylic oxidation sites excluding steroid dienone is 8. The minimum atomic E-state index is -0.836. The SMILES string of the molecule is ClC1=CC(Cl)(c2ccccc2Cl)C=CC1CSCC1C=CC(Cl)(c2ccccc2Cl)C=C1Cl. The van der Waals surface area contributed by atoms with Gasteiger partial charge in [-0.15, -0.1) is 23.2 Å². The Bertz CT molecular complexity index is 1060. The van der Waals surface area contributed by atoms with Crippen molar-refractivity contribution in [2.45, 2.75) is 9.75 Å². The summed E-state index contributed by atoms with van der Waals surface area (Å²) in [5, 5.41) is 2.64. The summed E-state index contributed by atoms with van der Waals surface area (Å²) in [5.74, 6) is 1.78. The van der Waals surface area contributed by atoms with Crippen LogP contribution in [0.25, 0.3) is 0 Å². The van der Waals surface area contributed by atoms with Crippen LogP contribution in [0.4, 0.5) is 0 Å². The van der Waals surface area contributed by atoms with Crippen molar-refractivity contribution >= 4 is 81.4 Å². The summed E-state index contributed by atoms with van der Waals surface area (Å²) in [4.78, 5) is -1.67. The van der Waals surface area contributed by atoms with Crippen molar-refractivity contribution in [3.63, 3.8) is 0 Å². The topological polar surface area (TPSA) is 0 Å². The molecule has 0 saturated carbocycles. The molecular formula is C26H20Cl6S. The molecule has 0 bridgehead atoms. The highest BCUT2D eigenvalue weighted by atomic mass is 35.5. The molecule has 0 nitrogen and oxygen atoms in total. The van der Waals surface area contributed by atoms with Crippen LogP contribution >= 0.6 is 81.4 Å². The van der Waals surface area contributed by atoms with Gasteiger partial charge in [0.2, 0.25) is 0 Å². The van der Waals surface area contributed by atoms with E-state index in [1.807, 2.05) is 72.8 Å². The van der Waals surface area contributed by atoms with Gasteiger partial charge in [0.05, 0.1) is 0 Å². The van der Waals surface area contributed by atoms with Crippen molar-refractivity contribution in [3.8, 4) is 0 Å². The zero-order valence-electron chi connectivity index (χ0n) is 17.3. The molecule has 4 atom stereocenters. The lowest BCUT2D eigenvalue weighted by molar-refractivity contribution is 0.821. The molecule has 4 rings (SSSR count). The quantitative estimate of drug-likeness (QED) is 0.243. The van der Waals surface area contributed by atoms with Gasteiger partial charge in [-0.3, -0.25) is 0 Å². The lowest BCUT2D eigenvalue weighted by atomic mass is 9.90. The largest absolute Gasteiger partial charge is 0.160 e. The smallest absolute Gasteiger partial charge is 0.108 e. The Hall–Kier alpha value is -0.510. The van der Waals surface area contributed by atoms with Gasteiger partial charge in [0.1, 0.15) is 9.75 Å². The molecule has 2 aromatic carbocycles. The van der Waals surface area contributed by atoms with Gasteiger partial charge in [0.15, 0.2) is 0 Å². The van der Waals surface area contributed by atoms with Crippen LogP contribution in [-0.4, -0.2) is 11.5 Å². The van der Waals surface area contributed by atoms with Crippen molar-refractivity contribution in [1.29, 1.82) is 0 Å². The Morgan fingerprint density at radius 2 is 1.03 bits per heavy atom. The van der Waals surface area contributed by atoms with Crippen LogP contribution in [0, 0.1) is 11.8 Å². The van der Waals surface area contributed by atoms with E-state index < -0.39 is 9.75 Å². The maximum Gasteiger partial charge on any atom is 0.108 e. The van der Waals surface area contributed by atoms with Crippen LogP contribution in [-0.2, 0) is 9.75 Å². The summed E-state index contributed by atoms with van der Waals surface area (Å²) in [7, 11) is 0. The van der Waals surface area contributed by atoms with E-state index in [0.717, 1.165) is 22.6 Å². The highest BCUT2D eigenvalue weighted by molar-refractivity contribution is 7.99. The molecule has 4 unspecified atom stereocenters. The highest BCUT2D eigenvalue weighted by Crippen LogP contribution is 2.45. The first-order valence-electron chi connectivity index (χ1n) is 10.3. The van der Waals surface area contributed by atoms with Crippen molar-refractivity contribution in [2.24, 2.45) is 11.8 Å². The number of thioether (sulfide) groups is 1. The molecule has 0 spiro atoms. The molecule has 0 heterocycles. The molecule has 0 N–H and O–H groups in total. The number of alkyl halides is 2. The van der Waals surface area contributed by atoms with Gasteiger partial charge in [-0.2, -0.15) is 11.8 Å². The second kappa shape index (κ2) is 10.6. The first-order valence-corrected chi connectivity index (χ1v) is 13.7. The predicted octanol–water partition coefficient (Wildman–Crippen LogP) is 9.91. The van der Waals surface area contributed by atoms with Gasteiger partial charge in [0, 0.05) is 43.5 Å². The van der Waals surface area contributed by atoms with Gasteiger partial charge in [0.25, 0.3) is 0 Å². The molecule has 0 fully saturated rings. The van der Waals surface area contributed by atoms with Gasteiger partial charge in [-0.25, -0.2) is 0 Å². The van der Waals surface area contributed by atoms with Crippen LogP contribution in [0.3, 0.4) is 0 Å². The Labute approximate surface area is 229 Å². The molecule has 0 aliphatic heterocycles. The molecule has 172 valence electrons. The fourth-order valence-electron chi connectivity index (χ4n) is 3.88. The van der Waals surface area contributed by atoms with E-state index in [2.05, 4.69) is 12.2 Å². The minimum absolute atomic E-state index is 0.0802. The van der Waals surface area contributed by atoms with Crippen LogP contribution in [0.15, 0.2) is 95.1 Å². The van der Waals surface area contributed by atoms with Gasteiger partial charge >= 0.3 is 0 Å². The normalized spacial score (nSPS) is 29.0. The fourth-order valence-corrected chi connectivity index (χ4v) is 7.43. The summed E-state index contributed by atoms with van der Waals surface area (Å²) in [6.45, 7) is 0. The maximum atomic E-state index is 6.83. The molecule has 2 aliphatic carbocycles. The Balaban J connectivity index is 1.37. The molecule has 7 heteroatoms. The van der Waals surface area contributed by atoms with E-state index in [-0.39, 0.29) is 11.8 Å². The second-order valence-corrected chi connectivity index (χ2v) is 12.0. The summed E-state index contributed by atoms with van der Waals surface area (Å²) in [6.07, 6.45) is 11.8. The van der Waals surface area contributed by atoms with Crippen molar-refractivity contribution < 1.29 is 0 Å². The lowest BCUT2D eigenvalue weighted by Gasteiger charge is -2.29.